The van der Waals surface area contributed by atoms with Crippen LogP contribution >= 0.6 is 0 Å². The Bertz CT molecular complexity index is 271. The van der Waals surface area contributed by atoms with Gasteiger partial charge in [0.1, 0.15) is 9.84 Å². The Morgan fingerprint density at radius 3 is 2.38 bits per heavy atom. The summed E-state index contributed by atoms with van der Waals surface area (Å²) in [6.45, 7) is -0.0925. The SMILES string of the molecule is O=C(O)CNC1CCS(=O)(=O)CC1. The van der Waals surface area contributed by atoms with Crippen LogP contribution in [0.15, 0.2) is 0 Å². The van der Waals surface area contributed by atoms with Crippen molar-refractivity contribution in [3.05, 3.63) is 0 Å². The van der Waals surface area contributed by atoms with E-state index in [1.165, 1.54) is 0 Å². The first-order valence-corrected chi connectivity index (χ1v) is 5.97. The fraction of sp³-hybridized carbons (Fsp3) is 0.857. The molecule has 2 N–H and O–H groups in total. The quantitative estimate of drug-likeness (QED) is 0.635. The van der Waals surface area contributed by atoms with E-state index in [0.29, 0.717) is 12.8 Å². The van der Waals surface area contributed by atoms with Crippen molar-refractivity contribution >= 4 is 15.8 Å². The van der Waals surface area contributed by atoms with Gasteiger partial charge in [-0.2, -0.15) is 0 Å². The highest BCUT2D eigenvalue weighted by Crippen LogP contribution is 2.11. The lowest BCUT2D eigenvalue weighted by atomic mass is 10.1. The maximum Gasteiger partial charge on any atom is 0.317 e. The first kappa shape index (κ1) is 10.5. The van der Waals surface area contributed by atoms with Gasteiger partial charge in [-0.1, -0.05) is 0 Å². The third-order valence-electron chi connectivity index (χ3n) is 2.10. The third-order valence-corrected chi connectivity index (χ3v) is 3.81. The number of aliphatic carboxylic acids is 1. The van der Waals surface area contributed by atoms with Crippen LogP contribution in [0.3, 0.4) is 0 Å². The van der Waals surface area contributed by atoms with Crippen LogP contribution in [-0.4, -0.2) is 43.6 Å². The zero-order chi connectivity index (χ0) is 9.90. The number of carboxylic acid groups (broad SMARTS) is 1. The standard InChI is InChI=1S/C7H13NO4S/c9-7(10)5-8-6-1-3-13(11,12)4-2-6/h6,8H,1-5H2,(H,9,10). The average molecular weight is 207 g/mol. The van der Waals surface area contributed by atoms with E-state index < -0.39 is 15.8 Å². The van der Waals surface area contributed by atoms with Crippen molar-refractivity contribution in [1.29, 1.82) is 0 Å². The number of hydrogen-bond donors (Lipinski definition) is 2. The van der Waals surface area contributed by atoms with E-state index in [1.54, 1.807) is 0 Å². The molecule has 1 saturated heterocycles. The molecule has 0 saturated carbocycles. The predicted octanol–water partition coefficient (Wildman–Crippen LogP) is -0.762. The summed E-state index contributed by atoms with van der Waals surface area (Å²) in [6.07, 6.45) is 1.05. The maximum atomic E-state index is 11.0. The summed E-state index contributed by atoms with van der Waals surface area (Å²) in [6, 6.07) is 0.0413. The monoisotopic (exact) mass is 207 g/mol. The molecule has 0 atom stereocenters. The van der Waals surface area contributed by atoms with Gasteiger partial charge in [0.15, 0.2) is 0 Å². The van der Waals surface area contributed by atoms with Gasteiger partial charge in [0.2, 0.25) is 0 Å². The number of carboxylic acids is 1. The first-order chi connectivity index (χ1) is 5.99. The Labute approximate surface area is 77.1 Å². The van der Waals surface area contributed by atoms with Crippen molar-refractivity contribution in [2.45, 2.75) is 18.9 Å². The van der Waals surface area contributed by atoms with Gasteiger partial charge in [-0.3, -0.25) is 4.79 Å². The number of nitrogens with one attached hydrogen (secondary N) is 1. The lowest BCUT2D eigenvalue weighted by Crippen LogP contribution is -2.39. The van der Waals surface area contributed by atoms with Crippen LogP contribution < -0.4 is 5.32 Å². The molecule has 1 fully saturated rings. The van der Waals surface area contributed by atoms with E-state index in [1.807, 2.05) is 0 Å². The van der Waals surface area contributed by atoms with Gasteiger partial charge in [-0.15, -0.1) is 0 Å². The normalized spacial score (nSPS) is 22.8. The first-order valence-electron chi connectivity index (χ1n) is 4.15. The molecular formula is C7H13NO4S. The number of hydrogen-bond acceptors (Lipinski definition) is 4. The largest absolute Gasteiger partial charge is 0.480 e. The van der Waals surface area contributed by atoms with Gasteiger partial charge in [0.05, 0.1) is 18.1 Å². The zero-order valence-electron chi connectivity index (χ0n) is 7.19. The Kier molecular flexibility index (Phi) is 3.27. The summed E-state index contributed by atoms with van der Waals surface area (Å²) in [4.78, 5) is 10.2. The lowest BCUT2D eigenvalue weighted by molar-refractivity contribution is -0.136. The summed E-state index contributed by atoms with van der Waals surface area (Å²) in [5.41, 5.74) is 0. The van der Waals surface area contributed by atoms with Crippen molar-refractivity contribution in [2.24, 2.45) is 0 Å². The maximum absolute atomic E-state index is 11.0. The van der Waals surface area contributed by atoms with Gasteiger partial charge in [-0.25, -0.2) is 8.42 Å². The van der Waals surface area contributed by atoms with Gasteiger partial charge in [0, 0.05) is 6.04 Å². The Hall–Kier alpha value is -0.620. The van der Waals surface area contributed by atoms with Crippen LogP contribution in [0.1, 0.15) is 12.8 Å². The van der Waals surface area contributed by atoms with Crippen molar-refractivity contribution < 1.29 is 18.3 Å². The van der Waals surface area contributed by atoms with E-state index in [9.17, 15) is 13.2 Å². The minimum atomic E-state index is -2.84. The number of sulfone groups is 1. The second-order valence-corrected chi connectivity index (χ2v) is 5.50. The fourth-order valence-electron chi connectivity index (χ4n) is 1.33. The summed E-state index contributed by atoms with van der Waals surface area (Å²) in [7, 11) is -2.84. The number of rotatable bonds is 3. The molecule has 0 aromatic rings. The van der Waals surface area contributed by atoms with Crippen LogP contribution in [0.4, 0.5) is 0 Å². The van der Waals surface area contributed by atoms with E-state index in [-0.39, 0.29) is 24.1 Å². The molecule has 0 aliphatic carbocycles. The Morgan fingerprint density at radius 2 is 1.92 bits per heavy atom. The highest BCUT2D eigenvalue weighted by Gasteiger charge is 2.23. The summed E-state index contributed by atoms with van der Waals surface area (Å²) in [5.74, 6) is -0.567. The lowest BCUT2D eigenvalue weighted by Gasteiger charge is -2.22. The smallest absolute Gasteiger partial charge is 0.317 e. The Morgan fingerprint density at radius 1 is 1.38 bits per heavy atom. The molecule has 0 spiro atoms. The van der Waals surface area contributed by atoms with Crippen molar-refractivity contribution in [2.75, 3.05) is 18.1 Å². The second-order valence-electron chi connectivity index (χ2n) is 3.20. The average Bonchev–Trinajstić information content (AvgIpc) is 2.02. The predicted molar refractivity (Wildman–Crippen MR) is 47.3 cm³/mol. The molecule has 0 aromatic carbocycles. The fourth-order valence-corrected chi connectivity index (χ4v) is 2.82. The highest BCUT2D eigenvalue weighted by atomic mass is 32.2. The van der Waals surface area contributed by atoms with Gasteiger partial charge >= 0.3 is 5.97 Å². The molecule has 1 heterocycles. The molecule has 0 bridgehead atoms. The van der Waals surface area contributed by atoms with Crippen LogP contribution in [0, 0.1) is 0 Å². The third kappa shape index (κ3) is 3.73. The van der Waals surface area contributed by atoms with Crippen molar-refractivity contribution in [3.8, 4) is 0 Å². The van der Waals surface area contributed by atoms with E-state index in [4.69, 9.17) is 5.11 Å². The summed E-state index contributed by atoms with van der Waals surface area (Å²) < 4.78 is 22.0. The zero-order valence-corrected chi connectivity index (χ0v) is 8.01. The molecule has 0 unspecified atom stereocenters. The second kappa shape index (κ2) is 4.06. The molecule has 0 aromatic heterocycles. The molecule has 1 aliphatic heterocycles. The van der Waals surface area contributed by atoms with E-state index in [0.717, 1.165) is 0 Å². The molecule has 1 rings (SSSR count). The molecule has 0 radical (unpaired) electrons. The molecule has 1 aliphatic rings. The minimum Gasteiger partial charge on any atom is -0.480 e. The summed E-state index contributed by atoms with van der Waals surface area (Å²) in [5, 5.41) is 11.2. The van der Waals surface area contributed by atoms with Crippen LogP contribution in [-0.2, 0) is 14.6 Å². The van der Waals surface area contributed by atoms with Crippen molar-refractivity contribution in [1.82, 2.24) is 5.32 Å². The Balaban J connectivity index is 2.29. The highest BCUT2D eigenvalue weighted by molar-refractivity contribution is 7.91. The van der Waals surface area contributed by atoms with Crippen LogP contribution in [0.2, 0.25) is 0 Å². The topological polar surface area (TPSA) is 83.5 Å². The van der Waals surface area contributed by atoms with Crippen LogP contribution in [0.25, 0.3) is 0 Å². The molecular weight excluding hydrogens is 194 g/mol. The van der Waals surface area contributed by atoms with Gasteiger partial charge in [0.25, 0.3) is 0 Å². The number of carbonyl (C=O) groups is 1. The van der Waals surface area contributed by atoms with E-state index in [2.05, 4.69) is 5.32 Å². The minimum absolute atomic E-state index is 0.0413. The van der Waals surface area contributed by atoms with Crippen molar-refractivity contribution in [3.63, 3.8) is 0 Å². The molecule has 13 heavy (non-hydrogen) atoms. The molecule has 5 nitrogen and oxygen atoms in total. The van der Waals surface area contributed by atoms with E-state index >= 15 is 0 Å². The van der Waals surface area contributed by atoms with Gasteiger partial charge < -0.3 is 10.4 Å². The van der Waals surface area contributed by atoms with Crippen LogP contribution in [0.5, 0.6) is 0 Å². The molecule has 0 amide bonds. The van der Waals surface area contributed by atoms with Gasteiger partial charge in [-0.05, 0) is 12.8 Å². The molecule has 6 heteroatoms. The summed E-state index contributed by atoms with van der Waals surface area (Å²) >= 11 is 0. The molecule has 76 valence electrons.